The number of hydrogen-bond donors (Lipinski definition) is 1. The van der Waals surface area contributed by atoms with Crippen molar-refractivity contribution >= 4 is 22.9 Å². The first-order valence-corrected chi connectivity index (χ1v) is 8.76. The van der Waals surface area contributed by atoms with E-state index in [1.807, 2.05) is 47.8 Å². The molecule has 1 aromatic carbocycles. The maximum atomic E-state index is 12.3. The van der Waals surface area contributed by atoms with Gasteiger partial charge in [-0.3, -0.25) is 9.78 Å². The predicted octanol–water partition coefficient (Wildman–Crippen LogP) is 2.97. The maximum absolute atomic E-state index is 12.3. The summed E-state index contributed by atoms with van der Waals surface area (Å²) in [6, 6.07) is 13.1. The van der Waals surface area contributed by atoms with Gasteiger partial charge in [0.05, 0.1) is 23.5 Å². The van der Waals surface area contributed by atoms with E-state index in [0.29, 0.717) is 0 Å². The summed E-state index contributed by atoms with van der Waals surface area (Å²) < 4.78 is 1.65. The van der Waals surface area contributed by atoms with Crippen molar-refractivity contribution in [2.75, 3.05) is 5.32 Å². The molecule has 0 atom stereocenters. The molecule has 3 aromatic heterocycles. The summed E-state index contributed by atoms with van der Waals surface area (Å²) in [6.07, 6.45) is 5.04. The standard InChI is InChI=1S/C18H14N6OS/c25-17(9-14-10-26-18(23-14)16-3-1-2-8-20-16)22-13-4-6-15(7-5-13)24-12-19-11-21-24/h1-8,10-12H,9H2,(H,22,25). The molecule has 1 amide bonds. The third-order valence-electron chi connectivity index (χ3n) is 3.61. The van der Waals surface area contributed by atoms with Crippen LogP contribution in [0, 0.1) is 0 Å². The number of carbonyl (C=O) groups excluding carboxylic acids is 1. The third-order valence-corrected chi connectivity index (χ3v) is 4.53. The molecule has 26 heavy (non-hydrogen) atoms. The zero-order valence-electron chi connectivity index (χ0n) is 13.6. The molecular weight excluding hydrogens is 348 g/mol. The van der Waals surface area contributed by atoms with E-state index in [1.54, 1.807) is 17.2 Å². The normalized spacial score (nSPS) is 10.6. The first-order chi connectivity index (χ1) is 12.8. The van der Waals surface area contributed by atoms with Crippen LogP contribution >= 0.6 is 11.3 Å². The average molecular weight is 362 g/mol. The molecule has 4 rings (SSSR count). The molecule has 128 valence electrons. The predicted molar refractivity (Wildman–Crippen MR) is 99.0 cm³/mol. The Bertz CT molecular complexity index is 996. The fraction of sp³-hybridized carbons (Fsp3) is 0.0556. The quantitative estimate of drug-likeness (QED) is 0.590. The molecule has 0 aliphatic heterocycles. The van der Waals surface area contributed by atoms with Crippen LogP contribution in [-0.2, 0) is 11.2 Å². The lowest BCUT2D eigenvalue weighted by Gasteiger charge is -2.05. The molecule has 0 radical (unpaired) electrons. The zero-order valence-corrected chi connectivity index (χ0v) is 14.4. The lowest BCUT2D eigenvalue weighted by molar-refractivity contribution is -0.115. The fourth-order valence-electron chi connectivity index (χ4n) is 2.40. The average Bonchev–Trinajstić information content (AvgIpc) is 3.35. The van der Waals surface area contributed by atoms with Gasteiger partial charge in [0.25, 0.3) is 0 Å². The van der Waals surface area contributed by atoms with Gasteiger partial charge in [0.1, 0.15) is 17.7 Å². The summed E-state index contributed by atoms with van der Waals surface area (Å²) in [7, 11) is 0. The zero-order chi connectivity index (χ0) is 17.8. The minimum absolute atomic E-state index is 0.114. The Morgan fingerprint density at radius 3 is 2.77 bits per heavy atom. The number of rotatable bonds is 5. The highest BCUT2D eigenvalue weighted by Crippen LogP contribution is 2.21. The summed E-state index contributed by atoms with van der Waals surface area (Å²) in [4.78, 5) is 24.9. The van der Waals surface area contributed by atoms with Gasteiger partial charge in [-0.15, -0.1) is 11.3 Å². The molecule has 0 saturated carbocycles. The Morgan fingerprint density at radius 2 is 2.04 bits per heavy atom. The van der Waals surface area contributed by atoms with Crippen LogP contribution in [0.1, 0.15) is 5.69 Å². The number of nitrogens with zero attached hydrogens (tertiary/aromatic N) is 5. The Kier molecular flexibility index (Phi) is 4.48. The van der Waals surface area contributed by atoms with Crippen LogP contribution in [0.3, 0.4) is 0 Å². The van der Waals surface area contributed by atoms with Crippen molar-refractivity contribution in [3.63, 3.8) is 0 Å². The molecular formula is C18H14N6OS. The number of nitrogens with one attached hydrogen (secondary N) is 1. The molecule has 4 aromatic rings. The number of benzene rings is 1. The fourth-order valence-corrected chi connectivity index (χ4v) is 3.20. The lowest BCUT2D eigenvalue weighted by atomic mass is 10.2. The van der Waals surface area contributed by atoms with Crippen molar-refractivity contribution in [2.24, 2.45) is 0 Å². The minimum Gasteiger partial charge on any atom is -0.326 e. The Balaban J connectivity index is 1.39. The highest BCUT2D eigenvalue weighted by molar-refractivity contribution is 7.13. The monoisotopic (exact) mass is 362 g/mol. The van der Waals surface area contributed by atoms with Crippen molar-refractivity contribution in [2.45, 2.75) is 6.42 Å². The van der Waals surface area contributed by atoms with E-state index in [0.717, 1.165) is 27.8 Å². The van der Waals surface area contributed by atoms with E-state index in [9.17, 15) is 4.79 Å². The highest BCUT2D eigenvalue weighted by Gasteiger charge is 2.10. The van der Waals surface area contributed by atoms with Crippen LogP contribution in [0.2, 0.25) is 0 Å². The van der Waals surface area contributed by atoms with Crippen LogP contribution in [0.15, 0.2) is 66.7 Å². The Morgan fingerprint density at radius 1 is 1.15 bits per heavy atom. The second-order valence-electron chi connectivity index (χ2n) is 5.47. The molecule has 7 nitrogen and oxygen atoms in total. The third kappa shape index (κ3) is 3.65. The van der Waals surface area contributed by atoms with Crippen LogP contribution in [0.4, 0.5) is 5.69 Å². The highest BCUT2D eigenvalue weighted by atomic mass is 32.1. The smallest absolute Gasteiger partial charge is 0.230 e. The molecule has 3 heterocycles. The van der Waals surface area contributed by atoms with Crippen molar-refractivity contribution in [1.82, 2.24) is 24.7 Å². The second kappa shape index (κ2) is 7.24. The van der Waals surface area contributed by atoms with Gasteiger partial charge in [0.15, 0.2) is 0 Å². The SMILES string of the molecule is O=C(Cc1csc(-c2ccccn2)n1)Nc1ccc(-n2cncn2)cc1. The second-order valence-corrected chi connectivity index (χ2v) is 6.33. The number of anilines is 1. The van der Waals surface area contributed by atoms with Gasteiger partial charge in [-0.2, -0.15) is 5.10 Å². The number of aromatic nitrogens is 5. The number of thiazole rings is 1. The molecule has 0 aliphatic carbocycles. The molecule has 0 aliphatic rings. The first-order valence-electron chi connectivity index (χ1n) is 7.89. The number of carbonyl (C=O) groups is 1. The molecule has 0 bridgehead atoms. The van der Waals surface area contributed by atoms with Crippen LogP contribution in [-0.4, -0.2) is 30.6 Å². The van der Waals surface area contributed by atoms with Gasteiger partial charge < -0.3 is 5.32 Å². The lowest BCUT2D eigenvalue weighted by Crippen LogP contribution is -2.14. The van der Waals surface area contributed by atoms with E-state index in [2.05, 4.69) is 25.4 Å². The van der Waals surface area contributed by atoms with Gasteiger partial charge in [0, 0.05) is 17.3 Å². The largest absolute Gasteiger partial charge is 0.326 e. The molecule has 0 fully saturated rings. The molecule has 1 N–H and O–H groups in total. The van der Waals surface area contributed by atoms with Gasteiger partial charge in [-0.25, -0.2) is 14.6 Å². The summed E-state index contributed by atoms with van der Waals surface area (Å²) in [5.41, 5.74) is 3.14. The van der Waals surface area contributed by atoms with E-state index < -0.39 is 0 Å². The Hall–Kier alpha value is -3.39. The number of pyridine rings is 1. The molecule has 0 spiro atoms. The summed E-state index contributed by atoms with van der Waals surface area (Å²) in [5.74, 6) is -0.114. The van der Waals surface area contributed by atoms with Gasteiger partial charge in [-0.05, 0) is 36.4 Å². The van der Waals surface area contributed by atoms with E-state index in [-0.39, 0.29) is 12.3 Å². The summed E-state index contributed by atoms with van der Waals surface area (Å²) >= 11 is 1.48. The topological polar surface area (TPSA) is 85.6 Å². The van der Waals surface area contributed by atoms with E-state index in [1.165, 1.54) is 17.7 Å². The van der Waals surface area contributed by atoms with Crippen molar-refractivity contribution < 1.29 is 4.79 Å². The van der Waals surface area contributed by atoms with Gasteiger partial charge in [-0.1, -0.05) is 6.07 Å². The molecule has 0 saturated heterocycles. The van der Waals surface area contributed by atoms with Gasteiger partial charge >= 0.3 is 0 Å². The van der Waals surface area contributed by atoms with Crippen LogP contribution in [0.25, 0.3) is 16.4 Å². The van der Waals surface area contributed by atoms with Crippen molar-refractivity contribution in [3.8, 4) is 16.4 Å². The minimum atomic E-state index is -0.114. The number of hydrogen-bond acceptors (Lipinski definition) is 6. The maximum Gasteiger partial charge on any atom is 0.230 e. The number of amides is 1. The van der Waals surface area contributed by atoms with Crippen molar-refractivity contribution in [1.29, 1.82) is 0 Å². The van der Waals surface area contributed by atoms with Gasteiger partial charge in [0.2, 0.25) is 5.91 Å². The molecule has 0 unspecified atom stereocenters. The van der Waals surface area contributed by atoms with Crippen LogP contribution < -0.4 is 5.32 Å². The summed E-state index contributed by atoms with van der Waals surface area (Å²) in [6.45, 7) is 0. The van der Waals surface area contributed by atoms with Crippen LogP contribution in [0.5, 0.6) is 0 Å². The van der Waals surface area contributed by atoms with E-state index >= 15 is 0 Å². The summed E-state index contributed by atoms with van der Waals surface area (Å²) in [5, 5.41) is 9.64. The first kappa shape index (κ1) is 16.1. The Labute approximate surface area is 153 Å². The molecule has 8 heteroatoms. The van der Waals surface area contributed by atoms with Crippen molar-refractivity contribution in [3.05, 3.63) is 72.4 Å². The van der Waals surface area contributed by atoms with E-state index in [4.69, 9.17) is 0 Å².